The first-order chi connectivity index (χ1) is 15.4. The number of aromatic nitrogens is 2. The Labute approximate surface area is 201 Å². The summed E-state index contributed by atoms with van der Waals surface area (Å²) in [6, 6.07) is 9.15. The molecule has 6 nitrogen and oxygen atoms in total. The average molecular weight is 550 g/mol. The number of hydrogen-bond donors (Lipinski definition) is 1. The Hall–Kier alpha value is -2.04. The van der Waals surface area contributed by atoms with Crippen molar-refractivity contribution in [2.24, 2.45) is 0 Å². The number of benzene rings is 2. The number of nitrogens with zero attached hydrogens (tertiary/aromatic N) is 3. The molecule has 1 aromatic heterocycles. The molecule has 0 bridgehead atoms. The predicted octanol–water partition coefficient (Wildman–Crippen LogP) is 5.41. The van der Waals surface area contributed by atoms with Gasteiger partial charge in [0.15, 0.2) is 0 Å². The highest BCUT2D eigenvalue weighted by Gasteiger charge is 2.33. The van der Waals surface area contributed by atoms with Gasteiger partial charge in [-0.3, -0.25) is 4.90 Å². The standard InChI is InChI=1S/C24H28FIN4O2/c1-4-32-22-13-21-18(12-19(22)24(2,3)30-7-9-31-10-8-30)23(28-15-27-21)29-17-5-6-20(25)16(11-17)14-26/h5-6,11-13,15H,4,7-10,14H2,1-3H3,(H,27,28,29). The summed E-state index contributed by atoms with van der Waals surface area (Å²) in [4.78, 5) is 11.4. The van der Waals surface area contributed by atoms with Crippen LogP contribution in [0.4, 0.5) is 15.9 Å². The summed E-state index contributed by atoms with van der Waals surface area (Å²) in [6.07, 6.45) is 1.54. The molecule has 0 radical (unpaired) electrons. The van der Waals surface area contributed by atoms with E-state index in [4.69, 9.17) is 9.47 Å². The Balaban J connectivity index is 1.79. The van der Waals surface area contributed by atoms with E-state index < -0.39 is 0 Å². The fourth-order valence-corrected chi connectivity index (χ4v) is 4.71. The van der Waals surface area contributed by atoms with Gasteiger partial charge in [-0.05, 0) is 50.6 Å². The maximum atomic E-state index is 14.0. The Morgan fingerprint density at radius 1 is 1.19 bits per heavy atom. The number of alkyl halides is 1. The summed E-state index contributed by atoms with van der Waals surface area (Å²) in [5, 5.41) is 4.26. The van der Waals surface area contributed by atoms with E-state index in [9.17, 15) is 4.39 Å². The van der Waals surface area contributed by atoms with Gasteiger partial charge in [-0.25, -0.2) is 14.4 Å². The Morgan fingerprint density at radius 2 is 1.97 bits per heavy atom. The Kier molecular flexibility index (Phi) is 7.11. The monoisotopic (exact) mass is 550 g/mol. The molecule has 0 spiro atoms. The van der Waals surface area contributed by atoms with Gasteiger partial charge in [0.1, 0.15) is 23.7 Å². The van der Waals surface area contributed by atoms with Gasteiger partial charge in [-0.2, -0.15) is 0 Å². The second kappa shape index (κ2) is 9.84. The summed E-state index contributed by atoms with van der Waals surface area (Å²) in [5.74, 6) is 1.31. The molecule has 3 aromatic rings. The van der Waals surface area contributed by atoms with Gasteiger partial charge in [0.2, 0.25) is 0 Å². The van der Waals surface area contributed by atoms with Crippen LogP contribution in [-0.2, 0) is 14.7 Å². The van der Waals surface area contributed by atoms with Gasteiger partial charge in [-0.1, -0.05) is 22.6 Å². The first kappa shape index (κ1) is 23.1. The van der Waals surface area contributed by atoms with Crippen molar-refractivity contribution in [1.82, 2.24) is 14.9 Å². The van der Waals surface area contributed by atoms with Crippen LogP contribution < -0.4 is 10.1 Å². The first-order valence-electron chi connectivity index (χ1n) is 10.8. The van der Waals surface area contributed by atoms with E-state index >= 15 is 0 Å². The number of morpholine rings is 1. The van der Waals surface area contributed by atoms with Crippen molar-refractivity contribution in [3.63, 3.8) is 0 Å². The van der Waals surface area contributed by atoms with E-state index in [0.29, 0.717) is 22.4 Å². The summed E-state index contributed by atoms with van der Waals surface area (Å²) >= 11 is 2.17. The summed E-state index contributed by atoms with van der Waals surface area (Å²) in [5.41, 5.74) is 3.06. The second-order valence-corrected chi connectivity index (χ2v) is 9.01. The summed E-state index contributed by atoms with van der Waals surface area (Å²) < 4.78 is 26.2. The molecule has 32 heavy (non-hydrogen) atoms. The number of fused-ring (bicyclic) bond motifs is 1. The van der Waals surface area contributed by atoms with Gasteiger partial charge in [0.05, 0.1) is 25.3 Å². The topological polar surface area (TPSA) is 59.5 Å². The van der Waals surface area contributed by atoms with Crippen LogP contribution in [0.25, 0.3) is 10.9 Å². The predicted molar refractivity (Wildman–Crippen MR) is 134 cm³/mol. The van der Waals surface area contributed by atoms with Gasteiger partial charge in [0.25, 0.3) is 0 Å². The molecular weight excluding hydrogens is 522 g/mol. The zero-order valence-electron chi connectivity index (χ0n) is 18.6. The van der Waals surface area contributed by atoms with Crippen molar-refractivity contribution >= 4 is 45.0 Å². The van der Waals surface area contributed by atoms with Crippen LogP contribution >= 0.6 is 22.6 Å². The normalized spacial score (nSPS) is 15.2. The fourth-order valence-electron chi connectivity index (χ4n) is 4.12. The lowest BCUT2D eigenvalue weighted by atomic mass is 9.89. The molecule has 0 unspecified atom stereocenters. The third kappa shape index (κ3) is 4.67. The molecule has 2 aromatic carbocycles. The van der Waals surface area contributed by atoms with E-state index in [0.717, 1.165) is 54.2 Å². The quantitative estimate of drug-likeness (QED) is 0.314. The lowest BCUT2D eigenvalue weighted by Crippen LogP contribution is -2.48. The lowest BCUT2D eigenvalue weighted by Gasteiger charge is -2.41. The number of rotatable bonds is 7. The maximum absolute atomic E-state index is 14.0. The largest absolute Gasteiger partial charge is 0.493 e. The molecule has 1 saturated heterocycles. The van der Waals surface area contributed by atoms with E-state index in [1.54, 1.807) is 6.07 Å². The van der Waals surface area contributed by atoms with E-state index in [-0.39, 0.29) is 11.4 Å². The van der Waals surface area contributed by atoms with Crippen LogP contribution in [0.5, 0.6) is 5.75 Å². The number of nitrogens with one attached hydrogen (secondary N) is 1. The number of ether oxygens (including phenoxy) is 2. The molecular formula is C24H28FIN4O2. The molecule has 8 heteroatoms. The highest BCUT2D eigenvalue weighted by molar-refractivity contribution is 14.1. The van der Waals surface area contributed by atoms with Crippen molar-refractivity contribution < 1.29 is 13.9 Å². The summed E-state index contributed by atoms with van der Waals surface area (Å²) in [7, 11) is 0. The zero-order chi connectivity index (χ0) is 22.7. The minimum absolute atomic E-state index is 0.201. The van der Waals surface area contributed by atoms with Crippen LogP contribution in [0.2, 0.25) is 0 Å². The van der Waals surface area contributed by atoms with E-state index in [1.165, 1.54) is 12.4 Å². The van der Waals surface area contributed by atoms with Gasteiger partial charge in [-0.15, -0.1) is 0 Å². The van der Waals surface area contributed by atoms with Gasteiger partial charge >= 0.3 is 0 Å². The highest BCUT2D eigenvalue weighted by Crippen LogP contribution is 2.39. The van der Waals surface area contributed by atoms with Crippen molar-refractivity contribution in [3.8, 4) is 5.75 Å². The average Bonchev–Trinajstić information content (AvgIpc) is 2.81. The molecule has 2 heterocycles. The van der Waals surface area contributed by atoms with Crippen molar-refractivity contribution in [2.75, 3.05) is 38.2 Å². The Bertz CT molecular complexity index is 1100. The minimum atomic E-state index is -0.264. The molecule has 1 aliphatic rings. The van der Waals surface area contributed by atoms with E-state index in [1.807, 2.05) is 19.1 Å². The minimum Gasteiger partial charge on any atom is -0.493 e. The second-order valence-electron chi connectivity index (χ2n) is 8.24. The third-order valence-electron chi connectivity index (χ3n) is 5.95. The zero-order valence-corrected chi connectivity index (χ0v) is 20.8. The molecule has 0 atom stereocenters. The smallest absolute Gasteiger partial charge is 0.141 e. The first-order valence-corrected chi connectivity index (χ1v) is 12.3. The van der Waals surface area contributed by atoms with E-state index in [2.05, 4.69) is 62.7 Å². The van der Waals surface area contributed by atoms with Crippen LogP contribution in [0, 0.1) is 5.82 Å². The number of anilines is 2. The fraction of sp³-hybridized carbons (Fsp3) is 0.417. The van der Waals surface area contributed by atoms with Crippen LogP contribution in [0.15, 0.2) is 36.7 Å². The highest BCUT2D eigenvalue weighted by atomic mass is 127. The maximum Gasteiger partial charge on any atom is 0.141 e. The number of halogens is 2. The molecule has 170 valence electrons. The van der Waals surface area contributed by atoms with Gasteiger partial charge < -0.3 is 14.8 Å². The third-order valence-corrected chi connectivity index (χ3v) is 6.77. The van der Waals surface area contributed by atoms with Crippen LogP contribution in [-0.4, -0.2) is 47.8 Å². The van der Waals surface area contributed by atoms with Crippen molar-refractivity contribution in [3.05, 3.63) is 53.6 Å². The molecule has 0 aliphatic carbocycles. The van der Waals surface area contributed by atoms with Crippen molar-refractivity contribution in [1.29, 1.82) is 0 Å². The Morgan fingerprint density at radius 3 is 2.69 bits per heavy atom. The van der Waals surface area contributed by atoms with Gasteiger partial charge in [0, 0.05) is 45.8 Å². The molecule has 1 fully saturated rings. The SMILES string of the molecule is CCOc1cc2ncnc(Nc3ccc(F)c(CI)c3)c2cc1C(C)(C)N1CCOCC1. The molecule has 0 saturated carbocycles. The van der Waals surface area contributed by atoms with Crippen LogP contribution in [0.3, 0.4) is 0 Å². The van der Waals surface area contributed by atoms with Crippen molar-refractivity contribution in [2.45, 2.75) is 30.7 Å². The molecule has 4 rings (SSSR count). The molecule has 1 aliphatic heterocycles. The molecule has 0 amide bonds. The van der Waals surface area contributed by atoms with Crippen LogP contribution in [0.1, 0.15) is 31.9 Å². The summed E-state index contributed by atoms with van der Waals surface area (Å²) in [6.45, 7) is 10.2. The number of hydrogen-bond acceptors (Lipinski definition) is 6. The molecule has 1 N–H and O–H groups in total. The lowest BCUT2D eigenvalue weighted by molar-refractivity contribution is -0.0125.